The molecule has 0 unspecified atom stereocenters. The number of phenolic OH excluding ortho intramolecular Hbond substituents is 1. The van der Waals surface area contributed by atoms with Crippen molar-refractivity contribution in [1.29, 1.82) is 0 Å². The molecule has 1 aliphatic rings. The Morgan fingerprint density at radius 1 is 1.42 bits per heavy atom. The van der Waals surface area contributed by atoms with Gasteiger partial charge in [-0.25, -0.2) is 0 Å². The molecule has 64 valence electrons. The number of phenols is 1. The molecule has 0 atom stereocenters. The number of aromatic hydroxyl groups is 1. The lowest BCUT2D eigenvalue weighted by molar-refractivity contribution is 0.458. The maximum absolute atomic E-state index is 9.60. The van der Waals surface area contributed by atoms with E-state index in [4.69, 9.17) is 0 Å². The first-order valence-corrected chi connectivity index (χ1v) is 4.29. The summed E-state index contributed by atoms with van der Waals surface area (Å²) >= 11 is 0. The minimum absolute atomic E-state index is 0.442. The molecule has 0 spiro atoms. The smallest absolute Gasteiger partial charge is 0.120 e. The van der Waals surface area contributed by atoms with Crippen LogP contribution in [0.15, 0.2) is 12.1 Å². The van der Waals surface area contributed by atoms with Gasteiger partial charge in [0.25, 0.3) is 0 Å². The molecule has 12 heavy (non-hydrogen) atoms. The largest absolute Gasteiger partial charge is 0.508 e. The predicted octanol–water partition coefficient (Wildman–Crippen LogP) is 1.35. The van der Waals surface area contributed by atoms with Crippen LogP contribution in [0, 0.1) is 6.92 Å². The Morgan fingerprint density at radius 3 is 3.08 bits per heavy atom. The Kier molecular flexibility index (Phi) is 1.77. The molecule has 0 aliphatic carbocycles. The third kappa shape index (κ3) is 1.18. The van der Waals surface area contributed by atoms with Crippen molar-refractivity contribution in [3.63, 3.8) is 0 Å². The quantitative estimate of drug-likeness (QED) is 0.605. The van der Waals surface area contributed by atoms with Crippen LogP contribution in [0.5, 0.6) is 5.75 Å². The summed E-state index contributed by atoms with van der Waals surface area (Å²) in [4.78, 5) is 0. The molecule has 0 saturated carbocycles. The van der Waals surface area contributed by atoms with Crippen molar-refractivity contribution < 1.29 is 5.11 Å². The lowest BCUT2D eigenvalue weighted by Crippen LogP contribution is -2.23. The van der Waals surface area contributed by atoms with Gasteiger partial charge in [0.05, 0.1) is 0 Å². The van der Waals surface area contributed by atoms with E-state index < -0.39 is 0 Å². The topological polar surface area (TPSA) is 32.3 Å². The highest BCUT2D eigenvalue weighted by Crippen LogP contribution is 2.25. The molecular formula is C10H13NO. The van der Waals surface area contributed by atoms with Gasteiger partial charge in [-0.1, -0.05) is 6.07 Å². The first-order chi connectivity index (χ1) is 5.77. The summed E-state index contributed by atoms with van der Waals surface area (Å²) in [7, 11) is 0. The van der Waals surface area contributed by atoms with E-state index in [-0.39, 0.29) is 0 Å². The van der Waals surface area contributed by atoms with Crippen LogP contribution >= 0.6 is 0 Å². The van der Waals surface area contributed by atoms with Crippen molar-refractivity contribution in [2.24, 2.45) is 0 Å². The predicted molar refractivity (Wildman–Crippen MR) is 48.3 cm³/mol. The van der Waals surface area contributed by atoms with Crippen LogP contribution < -0.4 is 5.32 Å². The van der Waals surface area contributed by atoms with Crippen LogP contribution in [0.25, 0.3) is 0 Å². The van der Waals surface area contributed by atoms with Crippen molar-refractivity contribution in [2.75, 3.05) is 6.54 Å². The summed E-state index contributed by atoms with van der Waals surface area (Å²) in [5.74, 6) is 0.442. The van der Waals surface area contributed by atoms with Crippen molar-refractivity contribution in [1.82, 2.24) is 5.32 Å². The summed E-state index contributed by atoms with van der Waals surface area (Å²) in [5.41, 5.74) is 3.52. The summed E-state index contributed by atoms with van der Waals surface area (Å²) in [6.07, 6.45) is 1.03. The van der Waals surface area contributed by atoms with Gasteiger partial charge in [-0.2, -0.15) is 0 Å². The van der Waals surface area contributed by atoms with Gasteiger partial charge >= 0.3 is 0 Å². The van der Waals surface area contributed by atoms with Gasteiger partial charge in [-0.3, -0.25) is 0 Å². The van der Waals surface area contributed by atoms with E-state index in [1.54, 1.807) is 0 Å². The molecule has 0 fully saturated rings. The van der Waals surface area contributed by atoms with Gasteiger partial charge in [-0.05, 0) is 37.1 Å². The Labute approximate surface area is 72.2 Å². The Hall–Kier alpha value is -1.02. The number of fused-ring (bicyclic) bond motifs is 1. The number of hydrogen-bond donors (Lipinski definition) is 2. The van der Waals surface area contributed by atoms with Crippen LogP contribution in [-0.2, 0) is 13.0 Å². The number of hydrogen-bond acceptors (Lipinski definition) is 2. The van der Waals surface area contributed by atoms with Gasteiger partial charge in [-0.15, -0.1) is 0 Å². The standard InChI is InChI=1S/C10H13NO/c1-7-4-8-2-3-11-6-9(8)10(12)5-7/h4-5,11-12H,2-3,6H2,1H3. The second kappa shape index (κ2) is 2.79. The SMILES string of the molecule is Cc1cc(O)c2c(c1)CCNC2. The number of aryl methyl sites for hydroxylation is 1. The van der Waals surface area contributed by atoms with E-state index in [9.17, 15) is 5.11 Å². The zero-order valence-corrected chi connectivity index (χ0v) is 7.22. The average Bonchev–Trinajstić information content (AvgIpc) is 2.04. The third-order valence-corrected chi connectivity index (χ3v) is 2.34. The van der Waals surface area contributed by atoms with Crippen LogP contribution in [0.4, 0.5) is 0 Å². The normalized spacial score (nSPS) is 15.8. The molecule has 0 aromatic heterocycles. The molecule has 0 bridgehead atoms. The summed E-state index contributed by atoms with van der Waals surface area (Å²) in [6.45, 7) is 3.85. The van der Waals surface area contributed by atoms with Gasteiger partial charge < -0.3 is 10.4 Å². The molecule has 0 radical (unpaired) electrons. The first-order valence-electron chi connectivity index (χ1n) is 4.29. The van der Waals surface area contributed by atoms with Crippen molar-refractivity contribution in [3.8, 4) is 5.75 Å². The fraction of sp³-hybridized carbons (Fsp3) is 0.400. The summed E-state index contributed by atoms with van der Waals surface area (Å²) < 4.78 is 0. The van der Waals surface area contributed by atoms with E-state index in [2.05, 4.69) is 11.4 Å². The molecule has 0 amide bonds. The number of nitrogens with one attached hydrogen (secondary N) is 1. The lowest BCUT2D eigenvalue weighted by atomic mass is 9.98. The van der Waals surface area contributed by atoms with Gasteiger partial charge in [0.1, 0.15) is 5.75 Å². The monoisotopic (exact) mass is 163 g/mol. The Morgan fingerprint density at radius 2 is 2.25 bits per heavy atom. The minimum Gasteiger partial charge on any atom is -0.508 e. The lowest BCUT2D eigenvalue weighted by Gasteiger charge is -2.18. The molecule has 2 nitrogen and oxygen atoms in total. The maximum atomic E-state index is 9.60. The van der Waals surface area contributed by atoms with E-state index in [1.807, 2.05) is 13.0 Å². The van der Waals surface area contributed by atoms with E-state index in [0.717, 1.165) is 30.6 Å². The van der Waals surface area contributed by atoms with Crippen LogP contribution in [0.1, 0.15) is 16.7 Å². The molecule has 0 saturated heterocycles. The van der Waals surface area contributed by atoms with Gasteiger partial charge in [0.2, 0.25) is 0 Å². The zero-order valence-electron chi connectivity index (χ0n) is 7.22. The van der Waals surface area contributed by atoms with Crippen molar-refractivity contribution in [3.05, 3.63) is 28.8 Å². The third-order valence-electron chi connectivity index (χ3n) is 2.34. The Balaban J connectivity index is 2.53. The van der Waals surface area contributed by atoms with E-state index in [1.165, 1.54) is 5.56 Å². The second-order valence-electron chi connectivity index (χ2n) is 3.35. The fourth-order valence-electron chi connectivity index (χ4n) is 1.73. The molecule has 2 rings (SSSR count). The van der Waals surface area contributed by atoms with Crippen LogP contribution in [0.2, 0.25) is 0 Å². The highest BCUT2D eigenvalue weighted by atomic mass is 16.3. The maximum Gasteiger partial charge on any atom is 0.120 e. The molecule has 1 aliphatic heterocycles. The molecular weight excluding hydrogens is 150 g/mol. The van der Waals surface area contributed by atoms with E-state index in [0.29, 0.717) is 5.75 Å². The highest BCUT2D eigenvalue weighted by Gasteiger charge is 2.12. The molecule has 1 aromatic rings. The molecule has 2 N–H and O–H groups in total. The summed E-state index contributed by atoms with van der Waals surface area (Å²) in [5, 5.41) is 12.8. The van der Waals surface area contributed by atoms with Crippen LogP contribution in [-0.4, -0.2) is 11.7 Å². The van der Waals surface area contributed by atoms with Crippen molar-refractivity contribution >= 4 is 0 Å². The number of rotatable bonds is 0. The van der Waals surface area contributed by atoms with Crippen LogP contribution in [0.3, 0.4) is 0 Å². The molecule has 1 heterocycles. The zero-order chi connectivity index (χ0) is 8.55. The van der Waals surface area contributed by atoms with Crippen molar-refractivity contribution in [2.45, 2.75) is 19.9 Å². The first kappa shape index (κ1) is 7.62. The molecule has 1 aromatic carbocycles. The Bertz CT molecular complexity index is 307. The number of benzene rings is 1. The highest BCUT2D eigenvalue weighted by molar-refractivity contribution is 5.43. The minimum atomic E-state index is 0.442. The average molecular weight is 163 g/mol. The summed E-state index contributed by atoms with van der Waals surface area (Å²) in [6, 6.07) is 3.99. The fourth-order valence-corrected chi connectivity index (χ4v) is 1.73. The second-order valence-corrected chi connectivity index (χ2v) is 3.35. The molecule has 2 heteroatoms. The van der Waals surface area contributed by atoms with Gasteiger partial charge in [0.15, 0.2) is 0 Å². The van der Waals surface area contributed by atoms with E-state index >= 15 is 0 Å². The van der Waals surface area contributed by atoms with Gasteiger partial charge in [0, 0.05) is 12.1 Å².